The Hall–Kier alpha value is -0.930. The van der Waals surface area contributed by atoms with Gasteiger partial charge in [0.05, 0.1) is 11.7 Å². The topological polar surface area (TPSA) is 45.1 Å². The van der Waals surface area contributed by atoms with Crippen molar-refractivity contribution in [3.8, 4) is 0 Å². The third-order valence-electron chi connectivity index (χ3n) is 1.33. The van der Waals surface area contributed by atoms with Crippen molar-refractivity contribution in [2.45, 2.75) is 13.0 Å². The van der Waals surface area contributed by atoms with Crippen molar-refractivity contribution in [1.82, 2.24) is 10.5 Å². The zero-order valence-electron chi connectivity index (χ0n) is 5.78. The maximum atomic E-state index is 8.50. The molecule has 0 bridgehead atoms. The molecule has 1 heterocycles. The number of aromatic nitrogens is 1. The van der Waals surface area contributed by atoms with Crippen molar-refractivity contribution in [2.75, 3.05) is 0 Å². The number of hydroxylamine groups is 1. The van der Waals surface area contributed by atoms with Gasteiger partial charge in [0.25, 0.3) is 0 Å². The van der Waals surface area contributed by atoms with Crippen LogP contribution < -0.4 is 5.48 Å². The van der Waals surface area contributed by atoms with Crippen molar-refractivity contribution in [3.63, 3.8) is 0 Å². The molecule has 0 fully saturated rings. The highest BCUT2D eigenvalue weighted by Gasteiger charge is 2.01. The minimum atomic E-state index is -0.0961. The lowest BCUT2D eigenvalue weighted by atomic mass is 10.2. The Kier molecular flexibility index (Phi) is 2.36. The number of rotatable bonds is 2. The molecule has 10 heavy (non-hydrogen) atoms. The first-order valence-electron chi connectivity index (χ1n) is 3.15. The average Bonchev–Trinajstić information content (AvgIpc) is 2.05. The lowest BCUT2D eigenvalue weighted by molar-refractivity contribution is 0.132. The number of nitrogens with one attached hydrogen (secondary N) is 1. The molecular formula is C7H10N2O. The molecule has 2 N–H and O–H groups in total. The van der Waals surface area contributed by atoms with E-state index in [9.17, 15) is 0 Å². The van der Waals surface area contributed by atoms with Gasteiger partial charge < -0.3 is 5.21 Å². The predicted molar refractivity (Wildman–Crippen MR) is 37.6 cm³/mol. The fourth-order valence-corrected chi connectivity index (χ4v) is 0.698. The lowest BCUT2D eigenvalue weighted by Crippen LogP contribution is -2.14. The van der Waals surface area contributed by atoms with Crippen LogP contribution in [-0.2, 0) is 0 Å². The lowest BCUT2D eigenvalue weighted by Gasteiger charge is -2.05. The molecule has 3 nitrogen and oxygen atoms in total. The first kappa shape index (κ1) is 7.18. The Morgan fingerprint density at radius 1 is 1.60 bits per heavy atom. The third-order valence-corrected chi connectivity index (χ3v) is 1.33. The fraction of sp³-hybridized carbons (Fsp3) is 0.286. The maximum Gasteiger partial charge on any atom is 0.0712 e. The van der Waals surface area contributed by atoms with Gasteiger partial charge in [-0.25, -0.2) is 0 Å². The van der Waals surface area contributed by atoms with Gasteiger partial charge in [-0.15, -0.1) is 0 Å². The molecule has 0 amide bonds. The van der Waals surface area contributed by atoms with Crippen LogP contribution in [-0.4, -0.2) is 10.2 Å². The summed E-state index contributed by atoms with van der Waals surface area (Å²) in [6.45, 7) is 1.84. The molecule has 0 aromatic carbocycles. The largest absolute Gasteiger partial charge is 0.316 e. The second kappa shape index (κ2) is 3.29. The first-order valence-corrected chi connectivity index (χ1v) is 3.15. The monoisotopic (exact) mass is 138 g/mol. The second-order valence-electron chi connectivity index (χ2n) is 2.11. The van der Waals surface area contributed by atoms with E-state index in [2.05, 4.69) is 10.5 Å². The fourth-order valence-electron chi connectivity index (χ4n) is 0.698. The van der Waals surface area contributed by atoms with Gasteiger partial charge in [0.1, 0.15) is 0 Å². The number of hydrogen-bond acceptors (Lipinski definition) is 3. The van der Waals surface area contributed by atoms with Crippen molar-refractivity contribution in [2.24, 2.45) is 0 Å². The summed E-state index contributed by atoms with van der Waals surface area (Å²) >= 11 is 0. The van der Waals surface area contributed by atoms with Gasteiger partial charge >= 0.3 is 0 Å². The van der Waals surface area contributed by atoms with Crippen LogP contribution >= 0.6 is 0 Å². The van der Waals surface area contributed by atoms with E-state index in [1.807, 2.05) is 25.1 Å². The molecule has 0 aliphatic carbocycles. The SMILES string of the molecule is CC(NO)c1ccccn1. The van der Waals surface area contributed by atoms with Crippen LogP contribution in [0.2, 0.25) is 0 Å². The summed E-state index contributed by atoms with van der Waals surface area (Å²) in [6, 6.07) is 5.48. The Morgan fingerprint density at radius 2 is 2.40 bits per heavy atom. The molecule has 0 spiro atoms. The van der Waals surface area contributed by atoms with Crippen LogP contribution in [0.1, 0.15) is 18.7 Å². The Labute approximate surface area is 59.7 Å². The summed E-state index contributed by atoms with van der Waals surface area (Å²) in [5, 5.41) is 8.50. The van der Waals surface area contributed by atoms with Crippen molar-refractivity contribution < 1.29 is 5.21 Å². The van der Waals surface area contributed by atoms with Crippen molar-refractivity contribution >= 4 is 0 Å². The Morgan fingerprint density at radius 3 is 2.90 bits per heavy atom. The normalized spacial score (nSPS) is 13.0. The number of pyridine rings is 1. The predicted octanol–water partition coefficient (Wildman–Crippen LogP) is 1.12. The highest BCUT2D eigenvalue weighted by Crippen LogP contribution is 2.05. The molecule has 0 aliphatic rings. The van der Waals surface area contributed by atoms with Gasteiger partial charge in [-0.1, -0.05) is 6.07 Å². The van der Waals surface area contributed by atoms with Gasteiger partial charge in [0, 0.05) is 6.20 Å². The minimum Gasteiger partial charge on any atom is -0.316 e. The summed E-state index contributed by atoms with van der Waals surface area (Å²) in [5.74, 6) is 0. The quantitative estimate of drug-likeness (QED) is 0.602. The third kappa shape index (κ3) is 1.52. The van der Waals surface area contributed by atoms with Crippen LogP contribution in [0.15, 0.2) is 24.4 Å². The molecule has 1 atom stereocenters. The molecular weight excluding hydrogens is 128 g/mol. The first-order chi connectivity index (χ1) is 4.84. The smallest absolute Gasteiger partial charge is 0.0712 e. The van der Waals surface area contributed by atoms with Gasteiger partial charge in [-0.2, -0.15) is 5.48 Å². The average molecular weight is 138 g/mol. The standard InChI is InChI=1S/C7H10N2O/c1-6(9-10)7-4-2-3-5-8-7/h2-6,9-10H,1H3. The molecule has 3 heteroatoms. The van der Waals surface area contributed by atoms with Crippen molar-refractivity contribution in [3.05, 3.63) is 30.1 Å². The summed E-state index contributed by atoms with van der Waals surface area (Å²) in [4.78, 5) is 4.03. The van der Waals surface area contributed by atoms with E-state index in [0.29, 0.717) is 0 Å². The zero-order chi connectivity index (χ0) is 7.40. The van der Waals surface area contributed by atoms with Crippen LogP contribution in [0.4, 0.5) is 0 Å². The highest BCUT2D eigenvalue weighted by molar-refractivity contribution is 5.06. The molecule has 1 unspecified atom stereocenters. The van der Waals surface area contributed by atoms with Crippen LogP contribution in [0, 0.1) is 0 Å². The summed E-state index contributed by atoms with van der Waals surface area (Å²) in [5.41, 5.74) is 2.96. The molecule has 54 valence electrons. The Bertz CT molecular complexity index is 188. The summed E-state index contributed by atoms with van der Waals surface area (Å²) in [7, 11) is 0. The van der Waals surface area contributed by atoms with Gasteiger partial charge in [-0.3, -0.25) is 4.98 Å². The van der Waals surface area contributed by atoms with E-state index < -0.39 is 0 Å². The molecule has 1 aromatic rings. The summed E-state index contributed by atoms with van der Waals surface area (Å²) in [6.07, 6.45) is 1.70. The molecule has 0 radical (unpaired) electrons. The van der Waals surface area contributed by atoms with E-state index in [0.717, 1.165) is 5.69 Å². The van der Waals surface area contributed by atoms with Gasteiger partial charge in [-0.05, 0) is 19.1 Å². The summed E-state index contributed by atoms with van der Waals surface area (Å²) < 4.78 is 0. The van der Waals surface area contributed by atoms with E-state index in [1.165, 1.54) is 0 Å². The van der Waals surface area contributed by atoms with Crippen LogP contribution in [0.5, 0.6) is 0 Å². The van der Waals surface area contributed by atoms with Crippen molar-refractivity contribution in [1.29, 1.82) is 0 Å². The molecule has 0 saturated carbocycles. The second-order valence-corrected chi connectivity index (χ2v) is 2.11. The van der Waals surface area contributed by atoms with Crippen LogP contribution in [0.3, 0.4) is 0 Å². The highest BCUT2D eigenvalue weighted by atomic mass is 16.5. The Balaban J connectivity index is 2.75. The van der Waals surface area contributed by atoms with E-state index >= 15 is 0 Å². The zero-order valence-corrected chi connectivity index (χ0v) is 5.78. The van der Waals surface area contributed by atoms with E-state index in [-0.39, 0.29) is 6.04 Å². The molecule has 0 aliphatic heterocycles. The van der Waals surface area contributed by atoms with E-state index in [4.69, 9.17) is 5.21 Å². The molecule has 0 saturated heterocycles. The van der Waals surface area contributed by atoms with Gasteiger partial charge in [0.2, 0.25) is 0 Å². The van der Waals surface area contributed by atoms with Crippen LogP contribution in [0.25, 0.3) is 0 Å². The maximum absolute atomic E-state index is 8.50. The van der Waals surface area contributed by atoms with E-state index in [1.54, 1.807) is 6.20 Å². The molecule has 1 aromatic heterocycles. The van der Waals surface area contributed by atoms with Gasteiger partial charge in [0.15, 0.2) is 0 Å². The number of hydrogen-bond donors (Lipinski definition) is 2. The number of nitrogens with zero attached hydrogens (tertiary/aromatic N) is 1. The minimum absolute atomic E-state index is 0.0961. The molecule has 1 rings (SSSR count).